The molecule has 1 N–H and O–H groups in total. The van der Waals surface area contributed by atoms with Gasteiger partial charge in [0.25, 0.3) is 0 Å². The Balaban J connectivity index is 1.56. The van der Waals surface area contributed by atoms with Crippen molar-refractivity contribution in [2.24, 2.45) is 5.92 Å². The molecule has 0 radical (unpaired) electrons. The van der Waals surface area contributed by atoms with Gasteiger partial charge in [0.2, 0.25) is 5.91 Å². The SMILES string of the molecule is O=C([C@@H]1CCCNC1)N1CCO[C@H]([C@@H]2CCCO2)C1. The Bertz CT molecular complexity index is 312. The zero-order valence-electron chi connectivity index (χ0n) is 11.5. The molecular weight excluding hydrogens is 244 g/mol. The summed E-state index contributed by atoms with van der Waals surface area (Å²) in [5.41, 5.74) is 0. The summed E-state index contributed by atoms with van der Waals surface area (Å²) in [6.45, 7) is 4.81. The van der Waals surface area contributed by atoms with Crippen LogP contribution in [-0.2, 0) is 14.3 Å². The summed E-state index contributed by atoms with van der Waals surface area (Å²) in [5, 5.41) is 3.32. The van der Waals surface area contributed by atoms with Gasteiger partial charge in [-0.05, 0) is 32.2 Å². The van der Waals surface area contributed by atoms with Crippen LogP contribution in [0.3, 0.4) is 0 Å². The molecule has 1 amide bonds. The predicted molar refractivity (Wildman–Crippen MR) is 70.9 cm³/mol. The van der Waals surface area contributed by atoms with Gasteiger partial charge < -0.3 is 19.7 Å². The van der Waals surface area contributed by atoms with Crippen LogP contribution >= 0.6 is 0 Å². The van der Waals surface area contributed by atoms with E-state index in [9.17, 15) is 4.79 Å². The quantitative estimate of drug-likeness (QED) is 0.787. The molecule has 0 aromatic carbocycles. The van der Waals surface area contributed by atoms with Crippen molar-refractivity contribution in [2.75, 3.05) is 39.4 Å². The van der Waals surface area contributed by atoms with Crippen molar-refractivity contribution in [3.05, 3.63) is 0 Å². The number of hydrogen-bond acceptors (Lipinski definition) is 4. The molecule has 3 atom stereocenters. The van der Waals surface area contributed by atoms with Gasteiger partial charge >= 0.3 is 0 Å². The molecule has 3 aliphatic rings. The number of morpholine rings is 1. The van der Waals surface area contributed by atoms with Gasteiger partial charge in [-0.1, -0.05) is 0 Å². The lowest BCUT2D eigenvalue weighted by atomic mass is 9.97. The van der Waals surface area contributed by atoms with E-state index >= 15 is 0 Å². The van der Waals surface area contributed by atoms with Crippen LogP contribution in [0.15, 0.2) is 0 Å². The van der Waals surface area contributed by atoms with Crippen molar-refractivity contribution in [2.45, 2.75) is 37.9 Å². The number of hydrogen-bond donors (Lipinski definition) is 1. The van der Waals surface area contributed by atoms with Crippen molar-refractivity contribution < 1.29 is 14.3 Å². The lowest BCUT2D eigenvalue weighted by Gasteiger charge is -2.37. The van der Waals surface area contributed by atoms with Crippen LogP contribution in [0.2, 0.25) is 0 Å². The molecule has 3 heterocycles. The third-order valence-corrected chi connectivity index (χ3v) is 4.43. The van der Waals surface area contributed by atoms with Crippen LogP contribution < -0.4 is 5.32 Å². The average Bonchev–Trinajstić information content (AvgIpc) is 3.02. The van der Waals surface area contributed by atoms with E-state index in [0.717, 1.165) is 51.9 Å². The Labute approximate surface area is 114 Å². The van der Waals surface area contributed by atoms with Crippen molar-refractivity contribution in [1.82, 2.24) is 10.2 Å². The largest absolute Gasteiger partial charge is 0.375 e. The van der Waals surface area contributed by atoms with E-state index in [1.165, 1.54) is 0 Å². The van der Waals surface area contributed by atoms with E-state index < -0.39 is 0 Å². The van der Waals surface area contributed by atoms with Gasteiger partial charge in [-0.3, -0.25) is 4.79 Å². The molecule has 0 saturated carbocycles. The normalized spacial score (nSPS) is 36.4. The minimum atomic E-state index is 0.0803. The number of carbonyl (C=O) groups excluding carboxylic acids is 1. The Morgan fingerprint density at radius 3 is 2.74 bits per heavy atom. The predicted octanol–water partition coefficient (Wildman–Crippen LogP) is 0.392. The average molecular weight is 268 g/mol. The van der Waals surface area contributed by atoms with Crippen LogP contribution in [0.25, 0.3) is 0 Å². The zero-order chi connectivity index (χ0) is 13.1. The van der Waals surface area contributed by atoms with Crippen LogP contribution in [0, 0.1) is 5.92 Å². The van der Waals surface area contributed by atoms with Crippen LogP contribution in [0.1, 0.15) is 25.7 Å². The van der Waals surface area contributed by atoms with Gasteiger partial charge in [0.05, 0.1) is 18.6 Å². The summed E-state index contributed by atoms with van der Waals surface area (Å²) >= 11 is 0. The second-order valence-electron chi connectivity index (χ2n) is 5.79. The van der Waals surface area contributed by atoms with Gasteiger partial charge in [-0.15, -0.1) is 0 Å². The first kappa shape index (κ1) is 13.3. The molecule has 3 rings (SSSR count). The maximum absolute atomic E-state index is 12.5. The number of nitrogens with one attached hydrogen (secondary N) is 1. The van der Waals surface area contributed by atoms with E-state index in [0.29, 0.717) is 19.1 Å². The molecule has 0 bridgehead atoms. The number of rotatable bonds is 2. The highest BCUT2D eigenvalue weighted by molar-refractivity contribution is 5.79. The highest BCUT2D eigenvalue weighted by Crippen LogP contribution is 2.22. The molecule has 0 spiro atoms. The van der Waals surface area contributed by atoms with Gasteiger partial charge in [0.15, 0.2) is 0 Å². The second kappa shape index (κ2) is 6.20. The smallest absolute Gasteiger partial charge is 0.227 e. The second-order valence-corrected chi connectivity index (χ2v) is 5.79. The van der Waals surface area contributed by atoms with Crippen molar-refractivity contribution in [1.29, 1.82) is 0 Å². The molecule has 3 fully saturated rings. The fraction of sp³-hybridized carbons (Fsp3) is 0.929. The van der Waals surface area contributed by atoms with Crippen molar-refractivity contribution in [3.8, 4) is 0 Å². The van der Waals surface area contributed by atoms with Gasteiger partial charge in [-0.25, -0.2) is 0 Å². The third kappa shape index (κ3) is 3.09. The van der Waals surface area contributed by atoms with Gasteiger partial charge in [0.1, 0.15) is 6.10 Å². The maximum Gasteiger partial charge on any atom is 0.227 e. The molecule has 5 nitrogen and oxygen atoms in total. The summed E-state index contributed by atoms with van der Waals surface area (Å²) in [6.07, 6.45) is 4.59. The first-order valence-corrected chi connectivity index (χ1v) is 7.57. The highest BCUT2D eigenvalue weighted by Gasteiger charge is 2.35. The summed E-state index contributed by atoms with van der Waals surface area (Å²) in [5.74, 6) is 0.468. The molecule has 3 aliphatic heterocycles. The Hall–Kier alpha value is -0.650. The zero-order valence-corrected chi connectivity index (χ0v) is 11.5. The molecule has 5 heteroatoms. The van der Waals surface area contributed by atoms with E-state index in [1.54, 1.807) is 0 Å². The van der Waals surface area contributed by atoms with E-state index in [1.807, 2.05) is 4.90 Å². The Morgan fingerprint density at radius 1 is 1.11 bits per heavy atom. The first-order valence-electron chi connectivity index (χ1n) is 7.57. The third-order valence-electron chi connectivity index (χ3n) is 4.43. The minimum Gasteiger partial charge on any atom is -0.375 e. The standard InChI is InChI=1S/C14H24N2O3/c17-14(11-3-1-5-15-9-11)16-6-8-19-13(10-16)12-4-2-7-18-12/h11-13,15H,1-10H2/t11-,12+,13+/m1/s1. The highest BCUT2D eigenvalue weighted by atomic mass is 16.5. The van der Waals surface area contributed by atoms with Crippen LogP contribution in [-0.4, -0.2) is 62.4 Å². The Kier molecular flexibility index (Phi) is 4.35. The molecule has 0 unspecified atom stereocenters. The van der Waals surface area contributed by atoms with E-state index in [-0.39, 0.29) is 18.1 Å². The van der Waals surface area contributed by atoms with Crippen molar-refractivity contribution >= 4 is 5.91 Å². The monoisotopic (exact) mass is 268 g/mol. The maximum atomic E-state index is 12.5. The lowest BCUT2D eigenvalue weighted by Crippen LogP contribution is -2.52. The molecule has 3 saturated heterocycles. The summed E-state index contributed by atoms with van der Waals surface area (Å²) in [7, 11) is 0. The first-order chi connectivity index (χ1) is 9.34. The fourth-order valence-corrected chi connectivity index (χ4v) is 3.32. The molecule has 0 aromatic rings. The Morgan fingerprint density at radius 2 is 2.00 bits per heavy atom. The fourth-order valence-electron chi connectivity index (χ4n) is 3.32. The topological polar surface area (TPSA) is 50.8 Å². The van der Waals surface area contributed by atoms with Gasteiger partial charge in [-0.2, -0.15) is 0 Å². The molecule has 0 aromatic heterocycles. The number of amides is 1. The number of ether oxygens (including phenoxy) is 2. The van der Waals surface area contributed by atoms with E-state index in [4.69, 9.17) is 9.47 Å². The summed E-state index contributed by atoms with van der Waals surface area (Å²) in [4.78, 5) is 14.5. The van der Waals surface area contributed by atoms with Crippen molar-refractivity contribution in [3.63, 3.8) is 0 Å². The molecule has 0 aliphatic carbocycles. The molecule has 19 heavy (non-hydrogen) atoms. The van der Waals surface area contributed by atoms with Crippen LogP contribution in [0.5, 0.6) is 0 Å². The van der Waals surface area contributed by atoms with Crippen LogP contribution in [0.4, 0.5) is 0 Å². The van der Waals surface area contributed by atoms with E-state index in [2.05, 4.69) is 5.32 Å². The van der Waals surface area contributed by atoms with Gasteiger partial charge in [0, 0.05) is 26.2 Å². The number of nitrogens with zero attached hydrogens (tertiary/aromatic N) is 1. The summed E-state index contributed by atoms with van der Waals surface area (Å²) < 4.78 is 11.5. The lowest BCUT2D eigenvalue weighted by molar-refractivity contribution is -0.149. The number of piperidine rings is 1. The summed E-state index contributed by atoms with van der Waals surface area (Å²) in [6, 6.07) is 0. The molecular formula is C14H24N2O3. The number of carbonyl (C=O) groups is 1. The molecule has 108 valence electrons. The minimum absolute atomic E-state index is 0.0803.